The van der Waals surface area contributed by atoms with E-state index in [1.54, 1.807) is 11.9 Å². The number of hydrogen-bond donors (Lipinski definition) is 2. The lowest BCUT2D eigenvalue weighted by molar-refractivity contribution is -0.121. The first-order chi connectivity index (χ1) is 14.6. The van der Waals surface area contributed by atoms with E-state index in [2.05, 4.69) is 10.7 Å². The Morgan fingerprint density at radius 3 is 2.77 bits per heavy atom. The number of esters is 1. The highest BCUT2D eigenvalue weighted by atomic mass is 32.1. The number of benzene rings is 1. The van der Waals surface area contributed by atoms with Gasteiger partial charge in [0.2, 0.25) is 11.8 Å². The Balaban J connectivity index is 1.56. The number of hydrazine groups is 1. The average molecular weight is 428 g/mol. The van der Waals surface area contributed by atoms with Crippen molar-refractivity contribution in [3.8, 4) is 0 Å². The fraction of sp³-hybridized carbons (Fsp3) is 0.409. The average Bonchev–Trinajstić information content (AvgIpc) is 3.28. The molecule has 158 valence electrons. The Morgan fingerprint density at radius 1 is 1.23 bits per heavy atom. The Morgan fingerprint density at radius 2 is 2.00 bits per heavy atom. The predicted molar refractivity (Wildman–Crippen MR) is 114 cm³/mol. The molecule has 1 aliphatic heterocycles. The molecule has 1 aromatic heterocycles. The minimum absolute atomic E-state index is 0.0818. The highest BCUT2D eigenvalue weighted by molar-refractivity contribution is 7.17. The van der Waals surface area contributed by atoms with Crippen molar-refractivity contribution in [1.29, 1.82) is 0 Å². The quantitative estimate of drug-likeness (QED) is 0.692. The van der Waals surface area contributed by atoms with Crippen molar-refractivity contribution in [3.05, 3.63) is 51.9 Å². The minimum Gasteiger partial charge on any atom is -0.462 e. The number of amides is 2. The molecular formula is C22H25N3O4S. The third kappa shape index (κ3) is 4.24. The van der Waals surface area contributed by atoms with Crippen molar-refractivity contribution in [2.24, 2.45) is 0 Å². The largest absolute Gasteiger partial charge is 0.462 e. The molecule has 8 heteroatoms. The second-order valence-electron chi connectivity index (χ2n) is 7.49. The van der Waals surface area contributed by atoms with E-state index in [-0.39, 0.29) is 24.8 Å². The van der Waals surface area contributed by atoms with Crippen molar-refractivity contribution >= 4 is 34.1 Å². The van der Waals surface area contributed by atoms with Gasteiger partial charge in [0.1, 0.15) is 11.0 Å². The van der Waals surface area contributed by atoms with Gasteiger partial charge in [-0.25, -0.2) is 9.80 Å². The molecule has 7 nitrogen and oxygen atoms in total. The summed E-state index contributed by atoms with van der Waals surface area (Å²) in [7, 11) is 0. The summed E-state index contributed by atoms with van der Waals surface area (Å²) in [5, 5.41) is 5.12. The van der Waals surface area contributed by atoms with Crippen LogP contribution in [0.1, 0.15) is 52.5 Å². The zero-order chi connectivity index (χ0) is 21.1. The zero-order valence-electron chi connectivity index (χ0n) is 16.9. The van der Waals surface area contributed by atoms with E-state index in [1.807, 2.05) is 30.3 Å². The van der Waals surface area contributed by atoms with Gasteiger partial charge in [0.05, 0.1) is 18.6 Å². The van der Waals surface area contributed by atoms with Crippen LogP contribution in [0.5, 0.6) is 0 Å². The zero-order valence-corrected chi connectivity index (χ0v) is 17.7. The van der Waals surface area contributed by atoms with Gasteiger partial charge < -0.3 is 10.1 Å². The molecule has 0 radical (unpaired) electrons. The first kappa shape index (κ1) is 20.6. The van der Waals surface area contributed by atoms with E-state index < -0.39 is 12.0 Å². The second-order valence-corrected chi connectivity index (χ2v) is 8.60. The fourth-order valence-electron chi connectivity index (χ4n) is 4.00. The van der Waals surface area contributed by atoms with Gasteiger partial charge in [-0.3, -0.25) is 15.0 Å². The number of carbonyl (C=O) groups is 3. The molecule has 2 amide bonds. The van der Waals surface area contributed by atoms with Gasteiger partial charge in [-0.2, -0.15) is 0 Å². The minimum atomic E-state index is -0.646. The van der Waals surface area contributed by atoms with Crippen LogP contribution < -0.4 is 10.7 Å². The van der Waals surface area contributed by atoms with Crippen LogP contribution in [0.15, 0.2) is 30.3 Å². The van der Waals surface area contributed by atoms with E-state index in [1.165, 1.54) is 11.3 Å². The maximum absolute atomic E-state index is 13.1. The highest BCUT2D eigenvalue weighted by Gasteiger charge is 2.37. The third-order valence-electron chi connectivity index (χ3n) is 5.41. The molecule has 2 aromatic rings. The summed E-state index contributed by atoms with van der Waals surface area (Å²) in [5.74, 6) is -0.885. The van der Waals surface area contributed by atoms with Crippen molar-refractivity contribution < 1.29 is 19.1 Å². The van der Waals surface area contributed by atoms with E-state index in [4.69, 9.17) is 4.74 Å². The molecule has 2 heterocycles. The first-order valence-corrected chi connectivity index (χ1v) is 11.1. The van der Waals surface area contributed by atoms with Gasteiger partial charge in [-0.05, 0) is 43.7 Å². The van der Waals surface area contributed by atoms with Crippen LogP contribution in [0.2, 0.25) is 0 Å². The summed E-state index contributed by atoms with van der Waals surface area (Å²) in [6, 6.07) is 9.02. The van der Waals surface area contributed by atoms with Gasteiger partial charge >= 0.3 is 5.97 Å². The van der Waals surface area contributed by atoms with Crippen molar-refractivity contribution in [2.75, 3.05) is 11.9 Å². The number of carbonyl (C=O) groups excluding carboxylic acids is 3. The van der Waals surface area contributed by atoms with Crippen LogP contribution in [0.3, 0.4) is 0 Å². The van der Waals surface area contributed by atoms with Crippen LogP contribution in [0, 0.1) is 0 Å². The molecule has 0 saturated carbocycles. The van der Waals surface area contributed by atoms with Gasteiger partial charge in [-0.15, -0.1) is 11.3 Å². The van der Waals surface area contributed by atoms with E-state index in [0.29, 0.717) is 17.1 Å². The Labute approximate surface area is 179 Å². The summed E-state index contributed by atoms with van der Waals surface area (Å²) in [4.78, 5) is 38.9. The molecule has 1 aliphatic carbocycles. The smallest absolute Gasteiger partial charge is 0.341 e. The van der Waals surface area contributed by atoms with Crippen molar-refractivity contribution in [1.82, 2.24) is 10.4 Å². The van der Waals surface area contributed by atoms with Crippen LogP contribution in [0.25, 0.3) is 0 Å². The number of aryl methyl sites for hydroxylation is 1. The van der Waals surface area contributed by atoms with E-state index in [0.717, 1.165) is 41.7 Å². The molecule has 1 fully saturated rings. The lowest BCUT2D eigenvalue weighted by Crippen LogP contribution is -2.43. The van der Waals surface area contributed by atoms with Gasteiger partial charge in [0, 0.05) is 11.4 Å². The van der Waals surface area contributed by atoms with E-state index >= 15 is 0 Å². The summed E-state index contributed by atoms with van der Waals surface area (Å²) >= 11 is 1.45. The lowest BCUT2D eigenvalue weighted by Gasteiger charge is -2.22. The maximum atomic E-state index is 13.1. The standard InChI is InChI=1S/C22H25N3O4S/c1-2-29-22(28)19-15-10-6-7-11-17(15)30-21(19)23-20(27)16-12-18(26)24-25(16)13-14-8-4-3-5-9-14/h3-5,8-9,16H,2,6-7,10-13H2,1H3,(H,23,27)(H,24,26)/t16-/m1/s1. The number of thiophene rings is 1. The summed E-state index contributed by atoms with van der Waals surface area (Å²) in [6.07, 6.45) is 3.91. The third-order valence-corrected chi connectivity index (χ3v) is 6.62. The first-order valence-electron chi connectivity index (χ1n) is 10.3. The molecule has 30 heavy (non-hydrogen) atoms. The van der Waals surface area contributed by atoms with Crippen LogP contribution in [-0.2, 0) is 33.7 Å². The normalized spacial score (nSPS) is 18.6. The molecule has 0 unspecified atom stereocenters. The number of anilines is 1. The molecule has 1 saturated heterocycles. The van der Waals surface area contributed by atoms with Gasteiger partial charge in [-0.1, -0.05) is 30.3 Å². The number of rotatable bonds is 6. The number of ether oxygens (including phenoxy) is 1. The summed E-state index contributed by atoms with van der Waals surface area (Å²) in [5.41, 5.74) is 5.25. The van der Waals surface area contributed by atoms with Crippen molar-refractivity contribution in [2.45, 2.75) is 51.6 Å². The summed E-state index contributed by atoms with van der Waals surface area (Å²) < 4.78 is 5.26. The number of nitrogens with zero attached hydrogens (tertiary/aromatic N) is 1. The Bertz CT molecular complexity index is 957. The molecule has 0 bridgehead atoms. The maximum Gasteiger partial charge on any atom is 0.341 e. The molecular weight excluding hydrogens is 402 g/mol. The molecule has 2 aliphatic rings. The predicted octanol–water partition coefficient (Wildman–Crippen LogP) is 3.05. The summed E-state index contributed by atoms with van der Waals surface area (Å²) in [6.45, 7) is 2.48. The van der Waals surface area contributed by atoms with Gasteiger partial charge in [0.25, 0.3) is 0 Å². The molecule has 0 spiro atoms. The molecule has 2 N–H and O–H groups in total. The Hall–Kier alpha value is -2.71. The Kier molecular flexibility index (Phi) is 6.15. The second kappa shape index (κ2) is 8.97. The van der Waals surface area contributed by atoms with Crippen LogP contribution >= 0.6 is 11.3 Å². The SMILES string of the molecule is CCOC(=O)c1c(NC(=O)[C@H]2CC(=O)NN2Cc2ccccc2)sc2c1CCCC2. The highest BCUT2D eigenvalue weighted by Crippen LogP contribution is 2.39. The van der Waals surface area contributed by atoms with Crippen LogP contribution in [-0.4, -0.2) is 35.4 Å². The van der Waals surface area contributed by atoms with Crippen LogP contribution in [0.4, 0.5) is 5.00 Å². The monoisotopic (exact) mass is 427 g/mol. The van der Waals surface area contributed by atoms with E-state index in [9.17, 15) is 14.4 Å². The molecule has 4 rings (SSSR count). The topological polar surface area (TPSA) is 87.7 Å². The molecule has 1 atom stereocenters. The number of nitrogens with one attached hydrogen (secondary N) is 2. The van der Waals surface area contributed by atoms with Crippen molar-refractivity contribution in [3.63, 3.8) is 0 Å². The fourth-order valence-corrected chi connectivity index (χ4v) is 5.28. The molecule has 1 aromatic carbocycles. The van der Waals surface area contributed by atoms with Gasteiger partial charge in [0.15, 0.2) is 0 Å². The number of hydrogen-bond acceptors (Lipinski definition) is 6. The number of fused-ring (bicyclic) bond motifs is 1. The lowest BCUT2D eigenvalue weighted by atomic mass is 9.95.